The van der Waals surface area contributed by atoms with Crippen molar-refractivity contribution in [2.75, 3.05) is 0 Å². The fourth-order valence-electron chi connectivity index (χ4n) is 6.80. The van der Waals surface area contributed by atoms with Gasteiger partial charge in [0.25, 0.3) is 0 Å². The molecule has 0 unspecified atom stereocenters. The third-order valence-electron chi connectivity index (χ3n) is 9.60. The summed E-state index contributed by atoms with van der Waals surface area (Å²) in [5.74, 6) is -0.0549. The average Bonchev–Trinajstić information content (AvgIpc) is 3.37. The number of hydrogen-bond acceptors (Lipinski definition) is 3. The molecule has 0 spiro atoms. The van der Waals surface area contributed by atoms with Gasteiger partial charge in [-0.1, -0.05) is 170 Å². The van der Waals surface area contributed by atoms with Crippen LogP contribution in [0.5, 0.6) is 0 Å². The molecular formula is C53H35N3. The third kappa shape index (κ3) is 6.63. The number of rotatable bonds is 7. The fourth-order valence-corrected chi connectivity index (χ4v) is 6.80. The summed E-state index contributed by atoms with van der Waals surface area (Å²) in [6, 6.07) is 38.1. The second-order valence-corrected chi connectivity index (χ2v) is 13.2. The molecule has 0 aliphatic carbocycles. The normalized spacial score (nSPS) is 14.2. The third-order valence-corrected chi connectivity index (χ3v) is 9.60. The highest BCUT2D eigenvalue weighted by Crippen LogP contribution is 2.36. The molecule has 0 bridgehead atoms. The van der Waals surface area contributed by atoms with Gasteiger partial charge in [0, 0.05) is 16.7 Å². The lowest BCUT2D eigenvalue weighted by Gasteiger charge is -2.14. The Bertz CT molecular complexity index is 3690. The summed E-state index contributed by atoms with van der Waals surface area (Å²) in [7, 11) is 0. The van der Waals surface area contributed by atoms with E-state index in [0.29, 0.717) is 16.7 Å². The summed E-state index contributed by atoms with van der Waals surface area (Å²) in [4.78, 5) is 14.5. The lowest BCUT2D eigenvalue weighted by molar-refractivity contribution is 1.07. The first-order valence-corrected chi connectivity index (χ1v) is 17.9. The van der Waals surface area contributed by atoms with Gasteiger partial charge in [-0.15, -0.1) is 0 Å². The largest absolute Gasteiger partial charge is 0.208 e. The van der Waals surface area contributed by atoms with Crippen LogP contribution in [0.2, 0.25) is 0 Å². The fraction of sp³-hybridized carbons (Fsp3) is 0. The standard InChI is InChI=1S/C53H35N3/c1-4-13-36(14-5-1)41-21-12-22-47(32-41)52-54-51(39-18-8-3-9-19-39)55-53(56-52)50-34-48(45-24-23-38-17-10-11-20-40(38)29-45)33-49(35-50)46-28-27-43-30-42(25-26-44(43)31-46)37-15-6-2-7-16-37/h1-35H/i3D,8D,9D,10D,11D,17D,18D,19D,20D,23D,24D,29D. The van der Waals surface area contributed by atoms with Gasteiger partial charge >= 0.3 is 0 Å². The van der Waals surface area contributed by atoms with Crippen LogP contribution < -0.4 is 0 Å². The second-order valence-electron chi connectivity index (χ2n) is 13.2. The molecule has 1 heterocycles. The average molecular weight is 726 g/mol. The Kier molecular flexibility index (Phi) is 5.82. The number of fused-ring (bicyclic) bond motifs is 2. The van der Waals surface area contributed by atoms with Crippen molar-refractivity contribution in [1.82, 2.24) is 15.0 Å². The van der Waals surface area contributed by atoms with Gasteiger partial charge in [0.15, 0.2) is 17.5 Å². The van der Waals surface area contributed by atoms with Crippen molar-refractivity contribution in [2.45, 2.75) is 0 Å². The highest BCUT2D eigenvalue weighted by atomic mass is 15.0. The highest BCUT2D eigenvalue weighted by molar-refractivity contribution is 5.93. The molecule has 3 nitrogen and oxygen atoms in total. The van der Waals surface area contributed by atoms with Gasteiger partial charge in [0.05, 0.1) is 16.4 Å². The highest BCUT2D eigenvalue weighted by Gasteiger charge is 2.16. The molecule has 1 aromatic heterocycles. The predicted octanol–water partition coefficient (Wildman–Crippen LogP) is 13.8. The lowest BCUT2D eigenvalue weighted by Crippen LogP contribution is -2.00. The molecule has 0 N–H and O–H groups in total. The Balaban J connectivity index is 1.25. The molecule has 0 saturated carbocycles. The number of benzene rings is 9. The minimum atomic E-state index is -0.579. The van der Waals surface area contributed by atoms with Crippen molar-refractivity contribution >= 4 is 21.5 Å². The van der Waals surface area contributed by atoms with E-state index in [0.717, 1.165) is 38.6 Å². The molecule has 10 aromatic rings. The Labute approximate surface area is 343 Å². The van der Waals surface area contributed by atoms with Crippen LogP contribution in [-0.4, -0.2) is 15.0 Å². The van der Waals surface area contributed by atoms with Gasteiger partial charge < -0.3 is 0 Å². The number of nitrogens with zero attached hydrogens (tertiary/aromatic N) is 3. The summed E-state index contributed by atoms with van der Waals surface area (Å²) < 4.78 is 105. The second kappa shape index (κ2) is 14.4. The molecule has 56 heavy (non-hydrogen) atoms. The monoisotopic (exact) mass is 725 g/mol. The minimum Gasteiger partial charge on any atom is -0.208 e. The van der Waals surface area contributed by atoms with Crippen LogP contribution in [-0.2, 0) is 0 Å². The number of aromatic nitrogens is 3. The van der Waals surface area contributed by atoms with Crippen molar-refractivity contribution < 1.29 is 16.4 Å². The van der Waals surface area contributed by atoms with Crippen molar-refractivity contribution in [2.24, 2.45) is 0 Å². The predicted molar refractivity (Wildman–Crippen MR) is 233 cm³/mol. The van der Waals surface area contributed by atoms with E-state index in [1.165, 1.54) is 0 Å². The maximum atomic E-state index is 9.47. The SMILES string of the molecule is [2H]c1c([2H])c([2H])c(-c2nc(-c3cccc(-c4ccccc4)c3)nc(-c3cc(-c4ccc5cc(-c6ccccc6)ccc5c4)cc(-c4c([2H])c([2H])c5c([2H])c([2H])c([2H])c([2H])c5c4[2H])c3)n2)c([2H])c1[2H]. The van der Waals surface area contributed by atoms with Crippen molar-refractivity contribution in [3.05, 3.63) is 212 Å². The molecule has 0 fully saturated rings. The first kappa shape index (κ1) is 22.7. The Hall–Kier alpha value is -7.49. The maximum absolute atomic E-state index is 9.47. The Morgan fingerprint density at radius 1 is 0.268 bits per heavy atom. The molecule has 3 heteroatoms. The zero-order valence-corrected chi connectivity index (χ0v) is 29.6. The van der Waals surface area contributed by atoms with Gasteiger partial charge in [-0.2, -0.15) is 0 Å². The number of hydrogen-bond donors (Lipinski definition) is 0. The van der Waals surface area contributed by atoms with E-state index in [2.05, 4.69) is 6.07 Å². The molecule has 0 amide bonds. The van der Waals surface area contributed by atoms with Crippen LogP contribution in [0.4, 0.5) is 0 Å². The molecule has 0 radical (unpaired) electrons. The van der Waals surface area contributed by atoms with Gasteiger partial charge in [-0.3, -0.25) is 0 Å². The van der Waals surface area contributed by atoms with Crippen LogP contribution in [0.1, 0.15) is 16.4 Å². The molecule has 0 saturated heterocycles. The minimum absolute atomic E-state index is 0.0187. The van der Waals surface area contributed by atoms with Crippen LogP contribution >= 0.6 is 0 Å². The molecule has 10 rings (SSSR count). The summed E-state index contributed by atoms with van der Waals surface area (Å²) in [6.07, 6.45) is 0. The first-order chi connectivity index (χ1) is 32.7. The van der Waals surface area contributed by atoms with Crippen molar-refractivity contribution in [1.29, 1.82) is 0 Å². The zero-order valence-electron chi connectivity index (χ0n) is 41.6. The Morgan fingerprint density at radius 2 is 0.750 bits per heavy atom. The van der Waals surface area contributed by atoms with Crippen molar-refractivity contribution in [3.63, 3.8) is 0 Å². The molecule has 9 aromatic carbocycles. The van der Waals surface area contributed by atoms with E-state index in [1.807, 2.05) is 109 Å². The maximum Gasteiger partial charge on any atom is 0.164 e. The van der Waals surface area contributed by atoms with Gasteiger partial charge in [0.1, 0.15) is 0 Å². The molecule has 0 aliphatic rings. The smallest absolute Gasteiger partial charge is 0.164 e. The molecule has 0 aliphatic heterocycles. The molecule has 0 atom stereocenters. The summed E-state index contributed by atoms with van der Waals surface area (Å²) in [6.45, 7) is 0. The summed E-state index contributed by atoms with van der Waals surface area (Å²) in [5.41, 5.74) is 5.94. The summed E-state index contributed by atoms with van der Waals surface area (Å²) >= 11 is 0. The topological polar surface area (TPSA) is 38.7 Å². The van der Waals surface area contributed by atoms with Crippen LogP contribution in [0.3, 0.4) is 0 Å². The van der Waals surface area contributed by atoms with Crippen LogP contribution in [0.15, 0.2) is 212 Å². The van der Waals surface area contributed by atoms with E-state index in [-0.39, 0.29) is 51.0 Å². The van der Waals surface area contributed by atoms with E-state index < -0.39 is 66.5 Å². The molecule has 262 valence electrons. The zero-order chi connectivity index (χ0) is 47.7. The quantitative estimate of drug-likeness (QED) is 0.164. The Morgan fingerprint density at radius 3 is 1.43 bits per heavy atom. The van der Waals surface area contributed by atoms with Gasteiger partial charge in [-0.05, 0) is 108 Å². The van der Waals surface area contributed by atoms with E-state index >= 15 is 0 Å². The lowest BCUT2D eigenvalue weighted by atomic mass is 9.93. The molecular weight excluding hydrogens is 679 g/mol. The summed E-state index contributed by atoms with van der Waals surface area (Å²) in [5, 5.41) is 1.44. The van der Waals surface area contributed by atoms with Crippen LogP contribution in [0.25, 0.3) is 100 Å². The van der Waals surface area contributed by atoms with E-state index in [1.54, 1.807) is 24.3 Å². The van der Waals surface area contributed by atoms with Gasteiger partial charge in [0.2, 0.25) is 0 Å². The van der Waals surface area contributed by atoms with E-state index in [9.17, 15) is 2.74 Å². The van der Waals surface area contributed by atoms with Gasteiger partial charge in [-0.25, -0.2) is 15.0 Å². The van der Waals surface area contributed by atoms with E-state index in [4.69, 9.17) is 28.7 Å². The van der Waals surface area contributed by atoms with Crippen molar-refractivity contribution in [3.8, 4) is 78.7 Å². The van der Waals surface area contributed by atoms with Crippen LogP contribution in [0, 0.1) is 0 Å². The first-order valence-electron chi connectivity index (χ1n) is 23.9.